The van der Waals surface area contributed by atoms with E-state index in [4.69, 9.17) is 4.42 Å². The van der Waals surface area contributed by atoms with Crippen molar-refractivity contribution in [3.8, 4) is 0 Å². The highest BCUT2D eigenvalue weighted by molar-refractivity contribution is 9.10. The lowest BCUT2D eigenvalue weighted by Gasteiger charge is -2.11. The van der Waals surface area contributed by atoms with Crippen molar-refractivity contribution in [2.45, 2.75) is 56.5 Å². The van der Waals surface area contributed by atoms with E-state index in [2.05, 4.69) is 32.9 Å². The fourth-order valence-corrected chi connectivity index (χ4v) is 4.69. The number of sulfonamides is 1. The molecule has 0 atom stereocenters. The summed E-state index contributed by atoms with van der Waals surface area (Å²) in [6.07, 6.45) is 5.04. The van der Waals surface area contributed by atoms with E-state index >= 15 is 0 Å². The van der Waals surface area contributed by atoms with Crippen LogP contribution in [0, 0.1) is 0 Å². The Morgan fingerprint density at radius 3 is 2.75 bits per heavy atom. The highest BCUT2D eigenvalue weighted by Crippen LogP contribution is 2.28. The van der Waals surface area contributed by atoms with Crippen LogP contribution in [-0.2, 0) is 16.6 Å². The van der Waals surface area contributed by atoms with Crippen LogP contribution in [0.25, 0.3) is 0 Å². The molecule has 114 valence electrons. The van der Waals surface area contributed by atoms with Gasteiger partial charge in [-0.1, -0.05) is 19.8 Å². The van der Waals surface area contributed by atoms with Crippen molar-refractivity contribution in [1.29, 1.82) is 0 Å². The zero-order valence-electron chi connectivity index (χ0n) is 11.6. The maximum absolute atomic E-state index is 12.3. The molecule has 0 bridgehead atoms. The Kier molecular flexibility index (Phi) is 5.65. The van der Waals surface area contributed by atoms with Crippen molar-refractivity contribution in [3.05, 3.63) is 16.5 Å². The third-order valence-corrected chi connectivity index (χ3v) is 5.78. The van der Waals surface area contributed by atoms with Gasteiger partial charge in [0.05, 0.1) is 6.54 Å². The quantitative estimate of drug-likeness (QED) is 0.729. The number of hydrogen-bond donors (Lipinski definition) is 2. The van der Waals surface area contributed by atoms with Crippen LogP contribution in [0.4, 0.5) is 0 Å². The number of hydrogen-bond acceptors (Lipinski definition) is 4. The van der Waals surface area contributed by atoms with Gasteiger partial charge in [-0.05, 0) is 41.7 Å². The normalized spacial score (nSPS) is 16.9. The average molecular weight is 365 g/mol. The number of nitrogens with one attached hydrogen (secondary N) is 2. The smallest absolute Gasteiger partial charge is 0.245 e. The molecule has 1 aromatic rings. The molecular formula is C13H21BrN2O3S. The average Bonchev–Trinajstić information content (AvgIpc) is 2.99. The van der Waals surface area contributed by atoms with Crippen molar-refractivity contribution in [3.63, 3.8) is 0 Å². The third kappa shape index (κ3) is 4.07. The Bertz CT molecular complexity index is 536. The van der Waals surface area contributed by atoms with Gasteiger partial charge in [0.2, 0.25) is 10.0 Å². The number of halogens is 1. The van der Waals surface area contributed by atoms with E-state index in [9.17, 15) is 8.42 Å². The molecule has 0 aromatic carbocycles. The largest absolute Gasteiger partial charge is 0.452 e. The molecule has 0 spiro atoms. The summed E-state index contributed by atoms with van der Waals surface area (Å²) in [4.78, 5) is 0.192. The highest BCUT2D eigenvalue weighted by atomic mass is 79.9. The van der Waals surface area contributed by atoms with Crippen LogP contribution in [0.3, 0.4) is 0 Å². The van der Waals surface area contributed by atoms with E-state index in [1.807, 2.05) is 0 Å². The number of rotatable bonds is 7. The molecule has 0 unspecified atom stereocenters. The maximum Gasteiger partial charge on any atom is 0.245 e. The summed E-state index contributed by atoms with van der Waals surface area (Å²) in [6, 6.07) is 1.65. The molecule has 1 heterocycles. The van der Waals surface area contributed by atoms with Gasteiger partial charge in [0.1, 0.15) is 10.7 Å². The Morgan fingerprint density at radius 1 is 1.40 bits per heavy atom. The molecule has 7 heteroatoms. The molecule has 0 radical (unpaired) electrons. The summed E-state index contributed by atoms with van der Waals surface area (Å²) < 4.78 is 33.1. The van der Waals surface area contributed by atoms with Crippen molar-refractivity contribution in [2.75, 3.05) is 6.54 Å². The van der Waals surface area contributed by atoms with E-state index in [0.717, 1.165) is 38.6 Å². The van der Waals surface area contributed by atoms with E-state index in [-0.39, 0.29) is 15.6 Å². The number of furan rings is 1. The van der Waals surface area contributed by atoms with Crippen LogP contribution in [-0.4, -0.2) is 21.0 Å². The molecule has 1 aromatic heterocycles. The molecular weight excluding hydrogens is 344 g/mol. The molecule has 1 fully saturated rings. The van der Waals surface area contributed by atoms with E-state index in [1.54, 1.807) is 6.07 Å². The topological polar surface area (TPSA) is 71.3 Å². The van der Waals surface area contributed by atoms with Gasteiger partial charge < -0.3 is 9.73 Å². The first-order valence-electron chi connectivity index (χ1n) is 7.04. The summed E-state index contributed by atoms with van der Waals surface area (Å²) in [7, 11) is -3.50. The summed E-state index contributed by atoms with van der Waals surface area (Å²) in [6.45, 7) is 3.48. The molecule has 0 saturated heterocycles. The second-order valence-electron chi connectivity index (χ2n) is 5.13. The van der Waals surface area contributed by atoms with Gasteiger partial charge in [0.15, 0.2) is 4.67 Å². The molecule has 0 amide bonds. The highest BCUT2D eigenvalue weighted by Gasteiger charge is 2.27. The van der Waals surface area contributed by atoms with Gasteiger partial charge in [-0.15, -0.1) is 0 Å². The lowest BCUT2D eigenvalue weighted by molar-refractivity contribution is 0.460. The molecule has 2 rings (SSSR count). The SMILES string of the molecule is CCCNCc1cc(S(=O)(=O)NC2CCCC2)c(Br)o1. The van der Waals surface area contributed by atoms with Crippen LogP contribution in [0.2, 0.25) is 0 Å². The molecule has 0 aliphatic heterocycles. The van der Waals surface area contributed by atoms with Gasteiger partial charge in [0.25, 0.3) is 0 Å². The molecule has 1 aliphatic rings. The zero-order chi connectivity index (χ0) is 14.6. The zero-order valence-corrected chi connectivity index (χ0v) is 14.0. The van der Waals surface area contributed by atoms with Crippen LogP contribution in [0.5, 0.6) is 0 Å². The van der Waals surface area contributed by atoms with Gasteiger partial charge >= 0.3 is 0 Å². The standard InChI is InChI=1S/C13H21BrN2O3S/c1-2-7-15-9-11-8-12(13(14)19-11)20(17,18)16-10-5-3-4-6-10/h8,10,15-16H,2-7,9H2,1H3. The van der Waals surface area contributed by atoms with Crippen molar-refractivity contribution in [1.82, 2.24) is 10.0 Å². The van der Waals surface area contributed by atoms with Gasteiger partial charge in [0, 0.05) is 12.1 Å². The van der Waals surface area contributed by atoms with Crippen LogP contribution in [0.15, 0.2) is 20.0 Å². The predicted molar refractivity (Wildman–Crippen MR) is 81.0 cm³/mol. The minimum absolute atomic E-state index is 0.0588. The van der Waals surface area contributed by atoms with E-state index < -0.39 is 10.0 Å². The molecule has 1 saturated carbocycles. The molecule has 2 N–H and O–H groups in total. The van der Waals surface area contributed by atoms with Crippen molar-refractivity contribution < 1.29 is 12.8 Å². The third-order valence-electron chi connectivity index (χ3n) is 3.40. The fraction of sp³-hybridized carbons (Fsp3) is 0.692. The summed E-state index contributed by atoms with van der Waals surface area (Å²) in [5, 5.41) is 3.19. The van der Waals surface area contributed by atoms with E-state index in [1.165, 1.54) is 0 Å². The maximum atomic E-state index is 12.3. The Labute approximate surface area is 128 Å². The van der Waals surface area contributed by atoms with Crippen molar-refractivity contribution >= 4 is 26.0 Å². The van der Waals surface area contributed by atoms with Crippen LogP contribution >= 0.6 is 15.9 Å². The monoisotopic (exact) mass is 364 g/mol. The summed E-state index contributed by atoms with van der Waals surface area (Å²) in [5.74, 6) is 0.622. The second-order valence-corrected chi connectivity index (χ2v) is 7.53. The summed E-state index contributed by atoms with van der Waals surface area (Å²) in [5.41, 5.74) is 0. The molecule has 1 aliphatic carbocycles. The summed E-state index contributed by atoms with van der Waals surface area (Å²) >= 11 is 3.20. The Hall–Kier alpha value is -0.370. The van der Waals surface area contributed by atoms with Gasteiger partial charge in [-0.3, -0.25) is 0 Å². The minimum Gasteiger partial charge on any atom is -0.452 e. The Balaban J connectivity index is 2.06. The first-order chi connectivity index (χ1) is 9.53. The first-order valence-corrected chi connectivity index (χ1v) is 9.32. The molecule has 20 heavy (non-hydrogen) atoms. The van der Waals surface area contributed by atoms with E-state index in [0.29, 0.717) is 12.3 Å². The predicted octanol–water partition coefficient (Wildman–Crippen LogP) is 2.76. The first kappa shape index (κ1) is 16.0. The molecule has 5 nitrogen and oxygen atoms in total. The van der Waals surface area contributed by atoms with Gasteiger partial charge in [-0.25, -0.2) is 13.1 Å². The van der Waals surface area contributed by atoms with Crippen LogP contribution in [0.1, 0.15) is 44.8 Å². The Morgan fingerprint density at radius 2 is 2.10 bits per heavy atom. The van der Waals surface area contributed by atoms with Crippen molar-refractivity contribution in [2.24, 2.45) is 0 Å². The second kappa shape index (κ2) is 7.06. The lowest BCUT2D eigenvalue weighted by Crippen LogP contribution is -2.32. The minimum atomic E-state index is -3.50. The van der Waals surface area contributed by atoms with Gasteiger partial charge in [-0.2, -0.15) is 0 Å². The van der Waals surface area contributed by atoms with Crippen LogP contribution < -0.4 is 10.0 Å². The fourth-order valence-electron chi connectivity index (χ4n) is 2.38. The lowest BCUT2D eigenvalue weighted by atomic mass is 10.3.